The van der Waals surface area contributed by atoms with Crippen LogP contribution in [0.25, 0.3) is 0 Å². The number of thioether (sulfide) groups is 1. The van der Waals surface area contributed by atoms with E-state index >= 15 is 0 Å². The van der Waals surface area contributed by atoms with E-state index < -0.39 is 0 Å². The molecule has 2 nitrogen and oxygen atoms in total. The average molecular weight is 229 g/mol. The van der Waals surface area contributed by atoms with Gasteiger partial charge < -0.3 is 4.74 Å². The lowest BCUT2D eigenvalue weighted by Gasteiger charge is -2.35. The fourth-order valence-electron chi connectivity index (χ4n) is 2.43. The molecule has 0 N–H and O–H groups in total. The number of hydrogen-bond donors (Lipinski definition) is 0. The highest BCUT2D eigenvalue weighted by Crippen LogP contribution is 2.22. The van der Waals surface area contributed by atoms with E-state index in [1.807, 2.05) is 0 Å². The highest BCUT2D eigenvalue weighted by atomic mass is 32.2. The van der Waals surface area contributed by atoms with Gasteiger partial charge in [-0.05, 0) is 25.7 Å². The Kier molecular flexibility index (Phi) is 4.79. The van der Waals surface area contributed by atoms with E-state index in [2.05, 4.69) is 23.6 Å². The van der Waals surface area contributed by atoms with Crippen molar-refractivity contribution in [1.82, 2.24) is 4.90 Å². The van der Waals surface area contributed by atoms with Gasteiger partial charge in [0, 0.05) is 37.2 Å². The molecule has 0 spiro atoms. The molecular formula is C12H23NOS. The van der Waals surface area contributed by atoms with E-state index in [0.717, 1.165) is 11.9 Å². The Morgan fingerprint density at radius 2 is 2.33 bits per heavy atom. The lowest BCUT2D eigenvalue weighted by Crippen LogP contribution is -2.43. The Balaban J connectivity index is 1.72. The predicted octanol–water partition coefficient (Wildman–Crippen LogP) is 2.38. The van der Waals surface area contributed by atoms with Crippen LogP contribution in [0.1, 0.15) is 32.6 Å². The predicted molar refractivity (Wildman–Crippen MR) is 66.6 cm³/mol. The van der Waals surface area contributed by atoms with Crippen molar-refractivity contribution in [2.24, 2.45) is 0 Å². The lowest BCUT2D eigenvalue weighted by molar-refractivity contribution is -0.00510. The zero-order chi connectivity index (χ0) is 10.5. The third-order valence-corrected chi connectivity index (χ3v) is 4.79. The standard InChI is InChI=1S/C12H23NOS/c1-2-12-10-13(6-8-15-12)9-11-5-3-4-7-14-11/h11-12H,2-10H2,1H3. The van der Waals surface area contributed by atoms with E-state index in [1.54, 1.807) is 0 Å². The lowest BCUT2D eigenvalue weighted by atomic mass is 10.1. The summed E-state index contributed by atoms with van der Waals surface area (Å²) in [7, 11) is 0. The molecule has 0 radical (unpaired) electrons. The highest BCUT2D eigenvalue weighted by molar-refractivity contribution is 8.00. The normalized spacial score (nSPS) is 34.2. The third-order valence-electron chi connectivity index (χ3n) is 3.41. The third kappa shape index (κ3) is 3.65. The summed E-state index contributed by atoms with van der Waals surface area (Å²) in [6.07, 6.45) is 5.75. The van der Waals surface area contributed by atoms with Crippen molar-refractivity contribution in [2.45, 2.75) is 44.0 Å². The quantitative estimate of drug-likeness (QED) is 0.737. The van der Waals surface area contributed by atoms with Gasteiger partial charge in [-0.1, -0.05) is 6.92 Å². The first-order valence-electron chi connectivity index (χ1n) is 6.34. The van der Waals surface area contributed by atoms with Gasteiger partial charge in [0.1, 0.15) is 0 Å². The van der Waals surface area contributed by atoms with E-state index in [4.69, 9.17) is 4.74 Å². The van der Waals surface area contributed by atoms with Crippen LogP contribution in [-0.4, -0.2) is 48.2 Å². The molecule has 2 fully saturated rings. The van der Waals surface area contributed by atoms with Crippen molar-refractivity contribution < 1.29 is 4.74 Å². The molecule has 0 bridgehead atoms. The van der Waals surface area contributed by atoms with Gasteiger partial charge >= 0.3 is 0 Å². The Morgan fingerprint density at radius 3 is 3.07 bits per heavy atom. The molecule has 2 aliphatic rings. The minimum absolute atomic E-state index is 0.527. The van der Waals surface area contributed by atoms with Crippen LogP contribution in [0, 0.1) is 0 Å². The fraction of sp³-hybridized carbons (Fsp3) is 1.00. The maximum Gasteiger partial charge on any atom is 0.0702 e. The summed E-state index contributed by atoms with van der Waals surface area (Å²) in [6, 6.07) is 0. The molecule has 0 aromatic carbocycles. The summed E-state index contributed by atoms with van der Waals surface area (Å²) >= 11 is 2.15. The van der Waals surface area contributed by atoms with E-state index in [0.29, 0.717) is 6.10 Å². The zero-order valence-electron chi connectivity index (χ0n) is 9.78. The largest absolute Gasteiger partial charge is 0.377 e. The molecule has 2 heterocycles. The van der Waals surface area contributed by atoms with Gasteiger partial charge in [0.2, 0.25) is 0 Å². The van der Waals surface area contributed by atoms with Crippen LogP contribution in [0.3, 0.4) is 0 Å². The second-order valence-corrected chi connectivity index (χ2v) is 6.06. The number of nitrogens with zero attached hydrogens (tertiary/aromatic N) is 1. The summed E-state index contributed by atoms with van der Waals surface area (Å²) in [5.74, 6) is 1.31. The molecule has 0 aromatic rings. The summed E-state index contributed by atoms with van der Waals surface area (Å²) < 4.78 is 5.80. The molecule has 2 atom stereocenters. The van der Waals surface area contributed by atoms with Crippen molar-refractivity contribution in [2.75, 3.05) is 32.0 Å². The molecule has 3 heteroatoms. The molecule has 2 aliphatic heterocycles. The van der Waals surface area contributed by atoms with Crippen LogP contribution < -0.4 is 0 Å². The van der Waals surface area contributed by atoms with E-state index in [9.17, 15) is 0 Å². The first-order valence-corrected chi connectivity index (χ1v) is 7.39. The minimum atomic E-state index is 0.527. The average Bonchev–Trinajstić information content (AvgIpc) is 2.31. The van der Waals surface area contributed by atoms with E-state index in [1.165, 1.54) is 51.1 Å². The second kappa shape index (κ2) is 6.12. The Morgan fingerprint density at radius 1 is 1.40 bits per heavy atom. The smallest absolute Gasteiger partial charge is 0.0702 e. The molecule has 0 aliphatic carbocycles. The van der Waals surface area contributed by atoms with Crippen LogP contribution in [-0.2, 0) is 4.74 Å². The van der Waals surface area contributed by atoms with Crippen molar-refractivity contribution in [1.29, 1.82) is 0 Å². The van der Waals surface area contributed by atoms with Gasteiger partial charge in [-0.3, -0.25) is 4.90 Å². The van der Waals surface area contributed by atoms with Gasteiger partial charge in [0.15, 0.2) is 0 Å². The van der Waals surface area contributed by atoms with Gasteiger partial charge in [0.05, 0.1) is 6.10 Å². The number of hydrogen-bond acceptors (Lipinski definition) is 3. The molecule has 15 heavy (non-hydrogen) atoms. The SMILES string of the molecule is CCC1CN(CC2CCCCO2)CCS1. The topological polar surface area (TPSA) is 12.5 Å². The fourth-order valence-corrected chi connectivity index (χ4v) is 3.68. The highest BCUT2D eigenvalue weighted by Gasteiger charge is 2.23. The van der Waals surface area contributed by atoms with Crippen LogP contribution in [0.5, 0.6) is 0 Å². The van der Waals surface area contributed by atoms with Crippen molar-refractivity contribution in [3.05, 3.63) is 0 Å². The van der Waals surface area contributed by atoms with Crippen LogP contribution in [0.15, 0.2) is 0 Å². The van der Waals surface area contributed by atoms with E-state index in [-0.39, 0.29) is 0 Å². The van der Waals surface area contributed by atoms with Gasteiger partial charge in [-0.25, -0.2) is 0 Å². The monoisotopic (exact) mass is 229 g/mol. The molecule has 0 amide bonds. The summed E-state index contributed by atoms with van der Waals surface area (Å²) in [5.41, 5.74) is 0. The van der Waals surface area contributed by atoms with Crippen LogP contribution in [0.4, 0.5) is 0 Å². The Bertz CT molecular complexity index is 182. The molecule has 0 aromatic heterocycles. The van der Waals surface area contributed by atoms with Gasteiger partial charge in [-0.2, -0.15) is 11.8 Å². The Labute approximate surface area is 97.7 Å². The van der Waals surface area contributed by atoms with Gasteiger partial charge in [-0.15, -0.1) is 0 Å². The van der Waals surface area contributed by atoms with Crippen molar-refractivity contribution >= 4 is 11.8 Å². The van der Waals surface area contributed by atoms with Crippen LogP contribution in [0.2, 0.25) is 0 Å². The number of rotatable bonds is 3. The summed E-state index contributed by atoms with van der Waals surface area (Å²) in [5, 5.41) is 0.863. The molecule has 2 unspecified atom stereocenters. The molecule has 2 saturated heterocycles. The number of ether oxygens (including phenoxy) is 1. The summed E-state index contributed by atoms with van der Waals surface area (Å²) in [4.78, 5) is 2.61. The van der Waals surface area contributed by atoms with Crippen molar-refractivity contribution in [3.8, 4) is 0 Å². The van der Waals surface area contributed by atoms with Gasteiger partial charge in [0.25, 0.3) is 0 Å². The first-order chi connectivity index (χ1) is 7.38. The maximum atomic E-state index is 5.80. The van der Waals surface area contributed by atoms with Crippen LogP contribution >= 0.6 is 11.8 Å². The molecule has 2 rings (SSSR count). The molecule has 88 valence electrons. The molecule has 0 saturated carbocycles. The molecular weight excluding hydrogens is 206 g/mol. The van der Waals surface area contributed by atoms with Crippen molar-refractivity contribution in [3.63, 3.8) is 0 Å². The minimum Gasteiger partial charge on any atom is -0.377 e. The maximum absolute atomic E-state index is 5.80. The Hall–Kier alpha value is 0.270. The zero-order valence-corrected chi connectivity index (χ0v) is 10.6. The first kappa shape index (κ1) is 11.7. The second-order valence-electron chi connectivity index (χ2n) is 4.65. The summed E-state index contributed by atoms with van der Waals surface area (Å²) in [6.45, 7) is 7.02.